The number of aromatic carboxylic acids is 1. The number of hydrogen-bond donors (Lipinski definition) is 2. The number of halogens is 3. The van der Waals surface area contributed by atoms with Gasteiger partial charge in [0.2, 0.25) is 5.91 Å². The lowest BCUT2D eigenvalue weighted by molar-refractivity contribution is -0.137. The number of benzene rings is 2. The molecule has 0 atom stereocenters. The zero-order chi connectivity index (χ0) is 18.4. The van der Waals surface area contributed by atoms with Gasteiger partial charge < -0.3 is 15.2 Å². The summed E-state index contributed by atoms with van der Waals surface area (Å²) < 4.78 is 43.2. The van der Waals surface area contributed by atoms with Crippen LogP contribution in [0.2, 0.25) is 0 Å². The lowest BCUT2D eigenvalue weighted by atomic mass is 10.1. The first-order valence-electron chi connectivity index (χ1n) is 7.13. The Labute approximate surface area is 141 Å². The Kier molecular flexibility index (Phi) is 5.76. The highest BCUT2D eigenvalue weighted by atomic mass is 19.4. The van der Waals surface area contributed by atoms with Crippen LogP contribution in [0.3, 0.4) is 0 Å². The number of nitrogens with one attached hydrogen (secondary N) is 1. The number of anilines is 1. The second kappa shape index (κ2) is 7.80. The zero-order valence-corrected chi connectivity index (χ0v) is 12.8. The highest BCUT2D eigenvalue weighted by Gasteiger charge is 2.32. The maximum absolute atomic E-state index is 12.7. The Bertz CT molecular complexity index is 760. The molecule has 2 rings (SSSR count). The molecule has 2 N–H and O–H groups in total. The summed E-state index contributed by atoms with van der Waals surface area (Å²) in [6, 6.07) is 11.1. The Balaban J connectivity index is 2.01. The summed E-state index contributed by atoms with van der Waals surface area (Å²) in [6.45, 7) is -0.192. The third-order valence-corrected chi connectivity index (χ3v) is 3.20. The van der Waals surface area contributed by atoms with Crippen LogP contribution in [0.4, 0.5) is 18.9 Å². The molecule has 25 heavy (non-hydrogen) atoms. The van der Waals surface area contributed by atoms with Crippen molar-refractivity contribution in [3.63, 3.8) is 0 Å². The molecular weight excluding hydrogens is 339 g/mol. The quantitative estimate of drug-likeness (QED) is 0.833. The van der Waals surface area contributed by atoms with Gasteiger partial charge in [-0.3, -0.25) is 4.79 Å². The average Bonchev–Trinajstić information content (AvgIpc) is 2.55. The molecular formula is C17H14F3NO4. The molecule has 0 fully saturated rings. The molecule has 0 aliphatic rings. The number of amides is 1. The second-order valence-corrected chi connectivity index (χ2v) is 5.09. The number of ether oxygens (including phenoxy) is 1. The van der Waals surface area contributed by atoms with E-state index in [0.29, 0.717) is 12.1 Å². The maximum atomic E-state index is 12.7. The number of carbonyl (C=O) groups excluding carboxylic acids is 1. The maximum Gasteiger partial charge on any atom is 0.416 e. The lowest BCUT2D eigenvalue weighted by Gasteiger charge is -2.12. The van der Waals surface area contributed by atoms with E-state index in [9.17, 15) is 22.8 Å². The van der Waals surface area contributed by atoms with E-state index in [4.69, 9.17) is 9.84 Å². The topological polar surface area (TPSA) is 75.6 Å². The molecule has 0 bridgehead atoms. The highest BCUT2D eigenvalue weighted by molar-refractivity contribution is 6.01. The van der Waals surface area contributed by atoms with E-state index in [-0.39, 0.29) is 18.9 Å². The predicted molar refractivity (Wildman–Crippen MR) is 83.1 cm³/mol. The number of hydrogen-bond acceptors (Lipinski definition) is 3. The molecule has 132 valence electrons. The summed E-state index contributed by atoms with van der Waals surface area (Å²) in [5.41, 5.74) is -1.14. The van der Waals surface area contributed by atoms with Crippen molar-refractivity contribution in [1.82, 2.24) is 0 Å². The van der Waals surface area contributed by atoms with Crippen LogP contribution in [0, 0.1) is 0 Å². The van der Waals surface area contributed by atoms with Crippen molar-refractivity contribution >= 4 is 17.6 Å². The van der Waals surface area contributed by atoms with Crippen LogP contribution in [0.25, 0.3) is 0 Å². The van der Waals surface area contributed by atoms with E-state index in [1.165, 1.54) is 0 Å². The fourth-order valence-corrected chi connectivity index (χ4v) is 2.03. The minimum absolute atomic E-state index is 0.174. The monoisotopic (exact) mass is 353 g/mol. The van der Waals surface area contributed by atoms with Gasteiger partial charge in [0.25, 0.3) is 0 Å². The van der Waals surface area contributed by atoms with Crippen LogP contribution in [0.15, 0.2) is 48.5 Å². The van der Waals surface area contributed by atoms with Crippen molar-refractivity contribution in [2.75, 3.05) is 11.9 Å². The van der Waals surface area contributed by atoms with Gasteiger partial charge in [0.1, 0.15) is 6.61 Å². The molecule has 0 saturated heterocycles. The van der Waals surface area contributed by atoms with Crippen LogP contribution in [0.1, 0.15) is 21.5 Å². The molecule has 2 aromatic rings. The van der Waals surface area contributed by atoms with Gasteiger partial charge >= 0.3 is 12.1 Å². The van der Waals surface area contributed by atoms with Gasteiger partial charge in [-0.2, -0.15) is 13.2 Å². The normalized spacial score (nSPS) is 11.2. The molecule has 0 spiro atoms. The number of alkyl halides is 3. The Morgan fingerprint density at radius 1 is 1.08 bits per heavy atom. The van der Waals surface area contributed by atoms with Gasteiger partial charge in [-0.1, -0.05) is 30.3 Å². The Hall–Kier alpha value is -2.87. The average molecular weight is 353 g/mol. The van der Waals surface area contributed by atoms with E-state index >= 15 is 0 Å². The molecule has 0 heterocycles. The third-order valence-electron chi connectivity index (χ3n) is 3.20. The molecule has 5 nitrogen and oxygen atoms in total. The van der Waals surface area contributed by atoms with Gasteiger partial charge in [0, 0.05) is 0 Å². The van der Waals surface area contributed by atoms with Gasteiger partial charge in [-0.25, -0.2) is 4.79 Å². The summed E-state index contributed by atoms with van der Waals surface area (Å²) in [6.07, 6.45) is -4.68. The molecule has 1 amide bonds. The first-order valence-corrected chi connectivity index (χ1v) is 7.13. The van der Waals surface area contributed by atoms with Crippen LogP contribution in [0.5, 0.6) is 0 Å². The number of carboxylic acids is 1. The van der Waals surface area contributed by atoms with Gasteiger partial charge in [0.05, 0.1) is 23.4 Å². The fourth-order valence-electron chi connectivity index (χ4n) is 2.03. The second-order valence-electron chi connectivity index (χ2n) is 5.09. The van der Waals surface area contributed by atoms with E-state index in [0.717, 1.165) is 11.6 Å². The molecule has 2 aromatic carbocycles. The molecule has 0 aromatic heterocycles. The Morgan fingerprint density at radius 3 is 2.36 bits per heavy atom. The van der Waals surface area contributed by atoms with E-state index < -0.39 is 29.2 Å². The summed E-state index contributed by atoms with van der Waals surface area (Å²) >= 11 is 0. The molecule has 0 unspecified atom stereocenters. The molecule has 8 heteroatoms. The van der Waals surface area contributed by atoms with Gasteiger partial charge in [-0.05, 0) is 23.8 Å². The van der Waals surface area contributed by atoms with Gasteiger partial charge in [0.15, 0.2) is 0 Å². The molecule has 0 radical (unpaired) electrons. The molecule has 0 aliphatic carbocycles. The SMILES string of the molecule is O=C(COCc1ccccc1)Nc1ccc(C(F)(F)F)cc1C(=O)O. The lowest BCUT2D eigenvalue weighted by Crippen LogP contribution is -2.20. The van der Waals surface area contributed by atoms with Crippen molar-refractivity contribution in [1.29, 1.82) is 0 Å². The zero-order valence-electron chi connectivity index (χ0n) is 12.8. The van der Waals surface area contributed by atoms with Crippen LogP contribution in [-0.4, -0.2) is 23.6 Å². The smallest absolute Gasteiger partial charge is 0.416 e. The largest absolute Gasteiger partial charge is 0.478 e. The molecule has 0 saturated carbocycles. The number of carboxylic acid groups (broad SMARTS) is 1. The molecule has 0 aliphatic heterocycles. The summed E-state index contributed by atoms with van der Waals surface area (Å²) in [4.78, 5) is 22.9. The summed E-state index contributed by atoms with van der Waals surface area (Å²) in [5, 5.41) is 11.3. The fraction of sp³-hybridized carbons (Fsp3) is 0.176. The van der Waals surface area contributed by atoms with E-state index in [1.807, 2.05) is 6.07 Å². The third kappa shape index (κ3) is 5.32. The van der Waals surface area contributed by atoms with Crippen molar-refractivity contribution in [2.45, 2.75) is 12.8 Å². The predicted octanol–water partition coefficient (Wildman–Crippen LogP) is 3.56. The van der Waals surface area contributed by atoms with Crippen molar-refractivity contribution in [3.05, 3.63) is 65.2 Å². The minimum Gasteiger partial charge on any atom is -0.478 e. The Morgan fingerprint density at radius 2 is 1.76 bits per heavy atom. The number of rotatable bonds is 6. The van der Waals surface area contributed by atoms with Crippen LogP contribution < -0.4 is 5.32 Å². The van der Waals surface area contributed by atoms with Crippen molar-refractivity contribution < 1.29 is 32.6 Å². The van der Waals surface area contributed by atoms with Crippen LogP contribution >= 0.6 is 0 Å². The highest BCUT2D eigenvalue weighted by Crippen LogP contribution is 2.31. The summed E-state index contributed by atoms with van der Waals surface area (Å²) in [7, 11) is 0. The summed E-state index contributed by atoms with van der Waals surface area (Å²) in [5.74, 6) is -2.25. The first-order chi connectivity index (χ1) is 11.8. The van der Waals surface area contributed by atoms with E-state index in [2.05, 4.69) is 5.32 Å². The standard InChI is InChI=1S/C17H14F3NO4/c18-17(19,20)12-6-7-14(13(8-12)16(23)24)21-15(22)10-25-9-11-4-2-1-3-5-11/h1-8H,9-10H2,(H,21,22)(H,23,24). The van der Waals surface area contributed by atoms with Crippen LogP contribution in [-0.2, 0) is 22.3 Å². The first kappa shape index (κ1) is 18.5. The minimum atomic E-state index is -4.68. The number of carbonyl (C=O) groups is 2. The van der Waals surface area contributed by atoms with Crippen molar-refractivity contribution in [2.24, 2.45) is 0 Å². The van der Waals surface area contributed by atoms with Gasteiger partial charge in [-0.15, -0.1) is 0 Å². The van der Waals surface area contributed by atoms with E-state index in [1.54, 1.807) is 24.3 Å². The van der Waals surface area contributed by atoms with Crippen molar-refractivity contribution in [3.8, 4) is 0 Å².